The fourth-order valence-corrected chi connectivity index (χ4v) is 5.33. The Morgan fingerprint density at radius 2 is 1.50 bits per heavy atom. The number of rotatable bonds is 8. The number of carbonyl (C=O) groups excluding carboxylic acids is 1. The van der Waals surface area contributed by atoms with Crippen LogP contribution in [0, 0.1) is 5.92 Å². The number of nitrogens with one attached hydrogen (secondary N) is 1. The largest absolute Gasteiger partial charge is 0.352 e. The molecule has 1 aromatic carbocycles. The lowest BCUT2D eigenvalue weighted by Crippen LogP contribution is -2.45. The van der Waals surface area contributed by atoms with Gasteiger partial charge in [-0.25, -0.2) is 12.7 Å². The minimum Gasteiger partial charge on any atom is -0.352 e. The van der Waals surface area contributed by atoms with E-state index in [2.05, 4.69) is 46.3 Å². The second-order valence-corrected chi connectivity index (χ2v) is 10.6. The monoisotopic (exact) mass is 436 g/mol. The molecule has 0 aliphatic carbocycles. The van der Waals surface area contributed by atoms with Crippen molar-refractivity contribution in [3.8, 4) is 0 Å². The Hall–Kier alpha value is -1.48. The van der Waals surface area contributed by atoms with Gasteiger partial charge >= 0.3 is 0 Å². The number of hydrogen-bond acceptors (Lipinski definition) is 5. The molecule has 0 radical (unpaired) electrons. The number of piperazine rings is 1. The van der Waals surface area contributed by atoms with Crippen LogP contribution in [0.15, 0.2) is 24.3 Å². The summed E-state index contributed by atoms with van der Waals surface area (Å²) < 4.78 is 25.4. The van der Waals surface area contributed by atoms with Crippen LogP contribution >= 0.6 is 0 Å². The maximum absolute atomic E-state index is 12.5. The van der Waals surface area contributed by atoms with Crippen LogP contribution in [0.4, 0.5) is 0 Å². The van der Waals surface area contributed by atoms with Gasteiger partial charge in [-0.2, -0.15) is 0 Å². The summed E-state index contributed by atoms with van der Waals surface area (Å²) >= 11 is 0. The molecular formula is C22H36N4O3S. The summed E-state index contributed by atoms with van der Waals surface area (Å²) in [5.41, 5.74) is 2.40. The summed E-state index contributed by atoms with van der Waals surface area (Å²) in [6.45, 7) is 11.9. The van der Waals surface area contributed by atoms with E-state index in [1.165, 1.54) is 9.87 Å². The van der Waals surface area contributed by atoms with Gasteiger partial charge in [-0.05, 0) is 37.4 Å². The van der Waals surface area contributed by atoms with E-state index in [-0.39, 0.29) is 17.6 Å². The van der Waals surface area contributed by atoms with Crippen LogP contribution in [0.3, 0.4) is 0 Å². The summed E-state index contributed by atoms with van der Waals surface area (Å²) in [5, 5.41) is 3.03. The van der Waals surface area contributed by atoms with Gasteiger partial charge in [0.15, 0.2) is 0 Å². The third kappa shape index (κ3) is 6.26. The molecule has 2 saturated heterocycles. The van der Waals surface area contributed by atoms with Crippen LogP contribution in [0.25, 0.3) is 0 Å². The number of benzene rings is 1. The Morgan fingerprint density at radius 1 is 0.933 bits per heavy atom. The highest BCUT2D eigenvalue weighted by molar-refractivity contribution is 7.89. The standard InChI is InChI=1S/C22H36N4O3S/c1-3-24-13-15-25(16-14-24)18-20-7-5-19(6-8-20)17-23-22(27)21-9-11-26(12-10-21)30(28,29)4-2/h5-8,21H,3-4,9-18H2,1-2H3,(H,23,27). The summed E-state index contributed by atoms with van der Waals surface area (Å²) in [7, 11) is -3.15. The highest BCUT2D eigenvalue weighted by Crippen LogP contribution is 2.20. The first kappa shape index (κ1) is 23.2. The van der Waals surface area contributed by atoms with Gasteiger partial charge in [-0.15, -0.1) is 0 Å². The van der Waals surface area contributed by atoms with Crippen molar-refractivity contribution in [2.75, 3.05) is 51.6 Å². The zero-order valence-electron chi connectivity index (χ0n) is 18.3. The van der Waals surface area contributed by atoms with E-state index in [1.807, 2.05) is 0 Å². The second kappa shape index (κ2) is 10.7. The number of amides is 1. The Labute approximate surface area is 181 Å². The van der Waals surface area contributed by atoms with Gasteiger partial charge in [0.2, 0.25) is 15.9 Å². The van der Waals surface area contributed by atoms with Gasteiger partial charge in [-0.1, -0.05) is 31.2 Å². The predicted molar refractivity (Wildman–Crippen MR) is 119 cm³/mol. The molecule has 0 aromatic heterocycles. The Balaban J connectivity index is 1.40. The number of nitrogens with zero attached hydrogens (tertiary/aromatic N) is 3. The molecule has 2 fully saturated rings. The van der Waals surface area contributed by atoms with Crippen molar-refractivity contribution in [2.45, 2.75) is 39.8 Å². The Kier molecular flexibility index (Phi) is 8.27. The third-order valence-corrected chi connectivity index (χ3v) is 8.27. The van der Waals surface area contributed by atoms with Crippen molar-refractivity contribution >= 4 is 15.9 Å². The first-order valence-corrected chi connectivity index (χ1v) is 12.8. The minimum atomic E-state index is -3.15. The lowest BCUT2D eigenvalue weighted by Gasteiger charge is -2.34. The Bertz CT molecular complexity index is 781. The smallest absolute Gasteiger partial charge is 0.223 e. The van der Waals surface area contributed by atoms with E-state index in [0.717, 1.165) is 44.8 Å². The molecule has 2 aliphatic rings. The van der Waals surface area contributed by atoms with Gasteiger partial charge in [0.25, 0.3) is 0 Å². The molecule has 30 heavy (non-hydrogen) atoms. The average Bonchev–Trinajstić information content (AvgIpc) is 2.79. The van der Waals surface area contributed by atoms with Gasteiger partial charge in [0.05, 0.1) is 5.75 Å². The maximum atomic E-state index is 12.5. The van der Waals surface area contributed by atoms with Crippen LogP contribution in [0.2, 0.25) is 0 Å². The van der Waals surface area contributed by atoms with E-state index in [1.54, 1.807) is 6.92 Å². The molecular weight excluding hydrogens is 400 g/mol. The number of likely N-dealkylation sites (N-methyl/N-ethyl adjacent to an activating group) is 1. The van der Waals surface area contributed by atoms with Crippen molar-refractivity contribution in [2.24, 2.45) is 5.92 Å². The molecule has 8 heteroatoms. The molecule has 1 amide bonds. The molecule has 3 rings (SSSR count). The fraction of sp³-hybridized carbons (Fsp3) is 0.682. The lowest BCUT2D eigenvalue weighted by molar-refractivity contribution is -0.126. The number of carbonyl (C=O) groups is 1. The minimum absolute atomic E-state index is 0.0291. The van der Waals surface area contributed by atoms with E-state index >= 15 is 0 Å². The topological polar surface area (TPSA) is 73.0 Å². The van der Waals surface area contributed by atoms with Crippen LogP contribution in [-0.2, 0) is 27.9 Å². The van der Waals surface area contributed by atoms with Crippen molar-refractivity contribution in [1.29, 1.82) is 0 Å². The van der Waals surface area contributed by atoms with Gasteiger partial charge < -0.3 is 10.2 Å². The molecule has 7 nitrogen and oxygen atoms in total. The van der Waals surface area contributed by atoms with E-state index < -0.39 is 10.0 Å². The maximum Gasteiger partial charge on any atom is 0.223 e. The van der Waals surface area contributed by atoms with Crippen LogP contribution in [0.1, 0.15) is 37.8 Å². The molecule has 1 aromatic rings. The van der Waals surface area contributed by atoms with Gasteiger partial charge in [-0.3, -0.25) is 9.69 Å². The molecule has 0 spiro atoms. The van der Waals surface area contributed by atoms with Crippen LogP contribution in [0.5, 0.6) is 0 Å². The highest BCUT2D eigenvalue weighted by Gasteiger charge is 2.29. The third-order valence-electron chi connectivity index (χ3n) is 6.39. The fourth-order valence-electron chi connectivity index (χ4n) is 4.20. The van der Waals surface area contributed by atoms with Gasteiger partial charge in [0, 0.05) is 58.3 Å². The molecule has 2 aliphatic heterocycles. The number of piperidine rings is 1. The van der Waals surface area contributed by atoms with Crippen molar-refractivity contribution in [3.63, 3.8) is 0 Å². The summed E-state index contributed by atoms with van der Waals surface area (Å²) in [6.07, 6.45) is 1.19. The number of hydrogen-bond donors (Lipinski definition) is 1. The molecule has 2 heterocycles. The summed E-state index contributed by atoms with van der Waals surface area (Å²) in [5.74, 6) is 0.0465. The van der Waals surface area contributed by atoms with Crippen LogP contribution in [-0.4, -0.2) is 80.0 Å². The van der Waals surface area contributed by atoms with Crippen molar-refractivity contribution in [3.05, 3.63) is 35.4 Å². The van der Waals surface area contributed by atoms with E-state index in [0.29, 0.717) is 32.5 Å². The first-order chi connectivity index (χ1) is 14.4. The normalized spacial score (nSPS) is 20.3. The van der Waals surface area contributed by atoms with Crippen LogP contribution < -0.4 is 5.32 Å². The Morgan fingerprint density at radius 3 is 2.07 bits per heavy atom. The molecule has 0 saturated carbocycles. The van der Waals surface area contributed by atoms with Crippen molar-refractivity contribution in [1.82, 2.24) is 19.4 Å². The van der Waals surface area contributed by atoms with E-state index in [4.69, 9.17) is 0 Å². The molecule has 0 bridgehead atoms. The van der Waals surface area contributed by atoms with Crippen molar-refractivity contribution < 1.29 is 13.2 Å². The van der Waals surface area contributed by atoms with Gasteiger partial charge in [0.1, 0.15) is 0 Å². The zero-order chi connectivity index (χ0) is 21.6. The molecule has 0 unspecified atom stereocenters. The highest BCUT2D eigenvalue weighted by atomic mass is 32.2. The molecule has 0 atom stereocenters. The molecule has 168 valence electrons. The average molecular weight is 437 g/mol. The zero-order valence-corrected chi connectivity index (χ0v) is 19.2. The SMILES string of the molecule is CCN1CCN(Cc2ccc(CNC(=O)C3CCN(S(=O)(=O)CC)CC3)cc2)CC1. The number of sulfonamides is 1. The second-order valence-electron chi connectivity index (χ2n) is 8.32. The quantitative estimate of drug-likeness (QED) is 0.669. The predicted octanol–water partition coefficient (Wildman–Crippen LogP) is 1.50. The lowest BCUT2D eigenvalue weighted by atomic mass is 9.97. The summed E-state index contributed by atoms with van der Waals surface area (Å²) in [6, 6.07) is 8.49. The summed E-state index contributed by atoms with van der Waals surface area (Å²) in [4.78, 5) is 17.5. The molecule has 1 N–H and O–H groups in total. The van der Waals surface area contributed by atoms with E-state index in [9.17, 15) is 13.2 Å². The first-order valence-electron chi connectivity index (χ1n) is 11.2.